The zero-order chi connectivity index (χ0) is 13.0. The van der Waals surface area contributed by atoms with Gasteiger partial charge < -0.3 is 5.73 Å². The number of fused-ring (bicyclic) bond motifs is 1. The summed E-state index contributed by atoms with van der Waals surface area (Å²) in [6.45, 7) is 2.48. The molecule has 3 nitrogen and oxygen atoms in total. The molecule has 94 valence electrons. The number of rotatable bonds is 5. The standard InChI is InChI=1S/C15H18N2O/c1-2-4-11(9-16)15(18)14-6-3-5-12-10-17-8-7-13(12)14/h3,5-8,10-11H,2,4,9,16H2,1H3. The Balaban J connectivity index is 2.44. The highest BCUT2D eigenvalue weighted by Crippen LogP contribution is 2.22. The first-order valence-electron chi connectivity index (χ1n) is 6.35. The molecule has 1 heterocycles. The number of Topliss-reactive ketones (excluding diaryl/α,β-unsaturated/α-hetero) is 1. The molecule has 0 saturated carbocycles. The number of nitrogens with two attached hydrogens (primary N) is 1. The monoisotopic (exact) mass is 242 g/mol. The lowest BCUT2D eigenvalue weighted by molar-refractivity contribution is 0.0919. The van der Waals surface area contributed by atoms with E-state index >= 15 is 0 Å². The largest absolute Gasteiger partial charge is 0.330 e. The third-order valence-corrected chi connectivity index (χ3v) is 3.24. The van der Waals surface area contributed by atoms with Crippen LogP contribution in [0.15, 0.2) is 36.7 Å². The molecular weight excluding hydrogens is 224 g/mol. The van der Waals surface area contributed by atoms with Crippen molar-refractivity contribution in [1.29, 1.82) is 0 Å². The van der Waals surface area contributed by atoms with Gasteiger partial charge in [-0.3, -0.25) is 9.78 Å². The molecule has 0 radical (unpaired) electrons. The van der Waals surface area contributed by atoms with E-state index in [1.807, 2.05) is 24.3 Å². The Bertz CT molecular complexity index is 546. The van der Waals surface area contributed by atoms with Crippen LogP contribution in [0.25, 0.3) is 10.8 Å². The van der Waals surface area contributed by atoms with Crippen molar-refractivity contribution in [2.45, 2.75) is 19.8 Å². The summed E-state index contributed by atoms with van der Waals surface area (Å²) in [5.74, 6) is 0.0740. The van der Waals surface area contributed by atoms with Crippen LogP contribution in [0.5, 0.6) is 0 Å². The average Bonchev–Trinajstić information content (AvgIpc) is 2.43. The van der Waals surface area contributed by atoms with Crippen LogP contribution < -0.4 is 5.73 Å². The number of hydrogen-bond donors (Lipinski definition) is 1. The van der Waals surface area contributed by atoms with E-state index in [1.54, 1.807) is 12.4 Å². The van der Waals surface area contributed by atoms with Gasteiger partial charge in [-0.15, -0.1) is 0 Å². The van der Waals surface area contributed by atoms with Crippen LogP contribution in [-0.2, 0) is 0 Å². The van der Waals surface area contributed by atoms with Crippen molar-refractivity contribution in [3.63, 3.8) is 0 Å². The molecule has 1 aromatic carbocycles. The summed E-state index contributed by atoms with van der Waals surface area (Å²) in [7, 11) is 0. The summed E-state index contributed by atoms with van der Waals surface area (Å²) in [6, 6.07) is 7.64. The van der Waals surface area contributed by atoms with Crippen molar-refractivity contribution >= 4 is 16.6 Å². The van der Waals surface area contributed by atoms with Gasteiger partial charge in [0.25, 0.3) is 0 Å². The minimum absolute atomic E-state index is 0.0752. The second kappa shape index (κ2) is 5.74. The first-order valence-corrected chi connectivity index (χ1v) is 6.35. The molecule has 0 bridgehead atoms. The summed E-state index contributed by atoms with van der Waals surface area (Å²) < 4.78 is 0. The van der Waals surface area contributed by atoms with E-state index in [9.17, 15) is 4.79 Å². The first kappa shape index (κ1) is 12.7. The van der Waals surface area contributed by atoms with Crippen molar-refractivity contribution in [3.05, 3.63) is 42.2 Å². The summed E-state index contributed by atoms with van der Waals surface area (Å²) in [4.78, 5) is 16.6. The van der Waals surface area contributed by atoms with Crippen LogP contribution in [-0.4, -0.2) is 17.3 Å². The van der Waals surface area contributed by atoms with E-state index in [2.05, 4.69) is 11.9 Å². The molecule has 1 atom stereocenters. The molecule has 0 amide bonds. The topological polar surface area (TPSA) is 56.0 Å². The van der Waals surface area contributed by atoms with Crippen LogP contribution in [0.1, 0.15) is 30.1 Å². The zero-order valence-corrected chi connectivity index (χ0v) is 10.6. The Kier molecular flexibility index (Phi) is 4.05. The molecule has 18 heavy (non-hydrogen) atoms. The van der Waals surface area contributed by atoms with Crippen molar-refractivity contribution < 1.29 is 4.79 Å². The highest BCUT2D eigenvalue weighted by molar-refractivity contribution is 6.09. The third-order valence-electron chi connectivity index (χ3n) is 3.24. The van der Waals surface area contributed by atoms with Gasteiger partial charge in [0, 0.05) is 35.8 Å². The summed E-state index contributed by atoms with van der Waals surface area (Å²) in [5.41, 5.74) is 6.47. The fourth-order valence-electron chi connectivity index (χ4n) is 2.26. The highest BCUT2D eigenvalue weighted by Gasteiger charge is 2.19. The van der Waals surface area contributed by atoms with Gasteiger partial charge in [0.1, 0.15) is 0 Å². The summed E-state index contributed by atoms with van der Waals surface area (Å²) >= 11 is 0. The SMILES string of the molecule is CCCC(CN)C(=O)c1cccc2cnccc12. The van der Waals surface area contributed by atoms with E-state index in [1.165, 1.54) is 0 Å². The van der Waals surface area contributed by atoms with Gasteiger partial charge in [-0.05, 0) is 17.9 Å². The van der Waals surface area contributed by atoms with Crippen molar-refractivity contribution in [1.82, 2.24) is 4.98 Å². The molecule has 0 spiro atoms. The molecule has 0 aliphatic carbocycles. The second-order valence-electron chi connectivity index (χ2n) is 4.49. The van der Waals surface area contributed by atoms with Crippen LogP contribution >= 0.6 is 0 Å². The fraction of sp³-hybridized carbons (Fsp3) is 0.333. The number of pyridine rings is 1. The molecule has 0 saturated heterocycles. The number of carbonyl (C=O) groups is 1. The van der Waals surface area contributed by atoms with Crippen LogP contribution in [0, 0.1) is 5.92 Å². The maximum Gasteiger partial charge on any atom is 0.167 e. The Morgan fingerprint density at radius 2 is 2.22 bits per heavy atom. The molecule has 2 rings (SSSR count). The molecular formula is C15H18N2O. The first-order chi connectivity index (χ1) is 8.77. The molecule has 3 heteroatoms. The van der Waals surface area contributed by atoms with Gasteiger partial charge in [0.05, 0.1) is 0 Å². The van der Waals surface area contributed by atoms with Crippen molar-refractivity contribution in [3.8, 4) is 0 Å². The molecule has 0 fully saturated rings. The van der Waals surface area contributed by atoms with Gasteiger partial charge in [0.2, 0.25) is 0 Å². The lowest BCUT2D eigenvalue weighted by atomic mass is 9.91. The zero-order valence-electron chi connectivity index (χ0n) is 10.6. The van der Waals surface area contributed by atoms with Gasteiger partial charge in [-0.2, -0.15) is 0 Å². The maximum absolute atomic E-state index is 12.5. The van der Waals surface area contributed by atoms with E-state index in [0.29, 0.717) is 6.54 Å². The predicted octanol–water partition coefficient (Wildman–Crippen LogP) is 2.79. The Morgan fingerprint density at radius 3 is 2.94 bits per heavy atom. The fourth-order valence-corrected chi connectivity index (χ4v) is 2.26. The highest BCUT2D eigenvalue weighted by atomic mass is 16.1. The van der Waals surface area contributed by atoms with Crippen LogP contribution in [0.2, 0.25) is 0 Å². The smallest absolute Gasteiger partial charge is 0.167 e. The Labute approximate surface area is 107 Å². The molecule has 2 aromatic rings. The number of aromatic nitrogens is 1. The predicted molar refractivity (Wildman–Crippen MR) is 73.5 cm³/mol. The van der Waals surface area contributed by atoms with E-state index < -0.39 is 0 Å². The van der Waals surface area contributed by atoms with Gasteiger partial charge in [0.15, 0.2) is 5.78 Å². The molecule has 0 aliphatic heterocycles. The summed E-state index contributed by atoms with van der Waals surface area (Å²) in [6.07, 6.45) is 5.32. The maximum atomic E-state index is 12.5. The molecule has 1 aromatic heterocycles. The average molecular weight is 242 g/mol. The third kappa shape index (κ3) is 2.41. The molecule has 1 unspecified atom stereocenters. The van der Waals surface area contributed by atoms with Crippen LogP contribution in [0.3, 0.4) is 0 Å². The van der Waals surface area contributed by atoms with Gasteiger partial charge in [-0.25, -0.2) is 0 Å². The number of benzene rings is 1. The van der Waals surface area contributed by atoms with Gasteiger partial charge in [-0.1, -0.05) is 31.5 Å². The number of ketones is 1. The van der Waals surface area contributed by atoms with Crippen molar-refractivity contribution in [2.75, 3.05) is 6.54 Å². The van der Waals surface area contributed by atoms with Crippen LogP contribution in [0.4, 0.5) is 0 Å². The van der Waals surface area contributed by atoms with E-state index in [4.69, 9.17) is 5.73 Å². The minimum Gasteiger partial charge on any atom is -0.330 e. The molecule has 0 aliphatic rings. The lowest BCUT2D eigenvalue weighted by Gasteiger charge is -2.13. The minimum atomic E-state index is -0.0752. The Hall–Kier alpha value is -1.74. The number of hydrogen-bond acceptors (Lipinski definition) is 3. The molecule has 2 N–H and O–H groups in total. The normalized spacial score (nSPS) is 12.6. The Morgan fingerprint density at radius 1 is 1.39 bits per heavy atom. The van der Waals surface area contributed by atoms with E-state index in [-0.39, 0.29) is 11.7 Å². The number of carbonyl (C=O) groups excluding carboxylic acids is 1. The van der Waals surface area contributed by atoms with Crippen molar-refractivity contribution in [2.24, 2.45) is 11.7 Å². The second-order valence-corrected chi connectivity index (χ2v) is 4.49. The van der Waals surface area contributed by atoms with Gasteiger partial charge >= 0.3 is 0 Å². The number of nitrogens with zero attached hydrogens (tertiary/aromatic N) is 1. The van der Waals surface area contributed by atoms with E-state index in [0.717, 1.165) is 29.2 Å². The summed E-state index contributed by atoms with van der Waals surface area (Å²) in [5, 5.41) is 1.96. The quantitative estimate of drug-likeness (QED) is 0.820. The lowest BCUT2D eigenvalue weighted by Crippen LogP contribution is -2.23.